The Bertz CT molecular complexity index is 1440. The third kappa shape index (κ3) is 8.94. The van der Waals surface area contributed by atoms with E-state index in [4.69, 9.17) is 21.1 Å². The Morgan fingerprint density at radius 1 is 1.20 bits per heavy atom. The van der Waals surface area contributed by atoms with E-state index in [9.17, 15) is 14.9 Å². The summed E-state index contributed by atoms with van der Waals surface area (Å²) in [7, 11) is 6.73. The molecule has 236 valence electrons. The normalized spacial score (nSPS) is 14.6. The number of anilines is 2. The Balaban J connectivity index is 1.71. The highest BCUT2D eigenvalue weighted by molar-refractivity contribution is 6.35. The zero-order valence-corrected chi connectivity index (χ0v) is 27.4. The molecule has 0 saturated carbocycles. The first-order chi connectivity index (χ1) is 20.9. The molecule has 1 aliphatic rings. The number of benzene rings is 1. The minimum absolute atomic E-state index is 0.199. The number of piperazine rings is 1. The second-order valence-electron chi connectivity index (χ2n) is 11.6. The number of rotatable bonds is 12. The molecule has 1 aliphatic heterocycles. The Kier molecular flexibility index (Phi) is 12.1. The van der Waals surface area contributed by atoms with E-state index in [1.54, 1.807) is 42.4 Å². The second-order valence-corrected chi connectivity index (χ2v) is 12.0. The van der Waals surface area contributed by atoms with Gasteiger partial charge in [-0.05, 0) is 30.5 Å². The Hall–Kier alpha value is -4.14. The summed E-state index contributed by atoms with van der Waals surface area (Å²) < 4.78 is 10.7. The maximum atomic E-state index is 12.9. The van der Waals surface area contributed by atoms with Crippen LogP contribution in [0.1, 0.15) is 38.3 Å². The molecule has 2 aromatic rings. The van der Waals surface area contributed by atoms with Gasteiger partial charge >= 0.3 is 0 Å². The molecule has 1 amide bonds. The Morgan fingerprint density at radius 2 is 1.91 bits per heavy atom. The average Bonchev–Trinajstić information content (AvgIpc) is 3.02. The number of hydrogen-bond acceptors (Lipinski definition) is 10. The quantitative estimate of drug-likeness (QED) is 0.207. The first-order valence-corrected chi connectivity index (χ1v) is 14.8. The van der Waals surface area contributed by atoms with Crippen molar-refractivity contribution in [3.05, 3.63) is 46.1 Å². The molecular formula is C32H42ClN7O4. The van der Waals surface area contributed by atoms with Crippen LogP contribution >= 0.6 is 11.6 Å². The number of amides is 1. The van der Waals surface area contributed by atoms with Gasteiger partial charge in [0.25, 0.3) is 5.91 Å². The molecule has 2 heterocycles. The Labute approximate surface area is 265 Å². The molecule has 0 unspecified atom stereocenters. The number of allylic oxidation sites excluding steroid dienone is 2. The van der Waals surface area contributed by atoms with Gasteiger partial charge in [-0.15, -0.1) is 0 Å². The fraction of sp³-hybridized carbons (Fsp3) is 0.469. The Morgan fingerprint density at radius 3 is 2.48 bits per heavy atom. The summed E-state index contributed by atoms with van der Waals surface area (Å²) in [6, 6.07) is 5.42. The number of nitriles is 1. The third-order valence-electron chi connectivity index (χ3n) is 7.15. The van der Waals surface area contributed by atoms with Crippen LogP contribution in [0.15, 0.2) is 30.0 Å². The van der Waals surface area contributed by atoms with E-state index in [-0.39, 0.29) is 16.9 Å². The number of carbonyl (C=O) groups is 2. The van der Waals surface area contributed by atoms with E-state index in [1.807, 2.05) is 32.7 Å². The van der Waals surface area contributed by atoms with Gasteiger partial charge in [0.1, 0.15) is 29.0 Å². The van der Waals surface area contributed by atoms with Gasteiger partial charge in [-0.2, -0.15) is 10.2 Å². The number of nitrogens with one attached hydrogen (secondary N) is 1. The summed E-state index contributed by atoms with van der Waals surface area (Å²) in [5, 5.41) is 12.8. The van der Waals surface area contributed by atoms with Crippen molar-refractivity contribution in [2.75, 3.05) is 77.8 Å². The summed E-state index contributed by atoms with van der Waals surface area (Å²) >= 11 is 6.57. The summed E-state index contributed by atoms with van der Waals surface area (Å²) in [5.74, 6) is 1.81. The van der Waals surface area contributed by atoms with Gasteiger partial charge < -0.3 is 24.6 Å². The van der Waals surface area contributed by atoms with Crippen molar-refractivity contribution >= 4 is 47.2 Å². The molecule has 0 spiro atoms. The molecule has 44 heavy (non-hydrogen) atoms. The number of aromatic nitrogens is 2. The number of aldehydes is 1. The lowest BCUT2D eigenvalue weighted by atomic mass is 9.93. The van der Waals surface area contributed by atoms with Gasteiger partial charge in [0.05, 0.1) is 19.2 Å². The van der Waals surface area contributed by atoms with Crippen molar-refractivity contribution in [2.24, 2.45) is 5.41 Å². The van der Waals surface area contributed by atoms with Crippen molar-refractivity contribution in [1.29, 1.82) is 5.26 Å². The molecule has 0 atom stereocenters. The third-order valence-corrected chi connectivity index (χ3v) is 7.54. The number of methoxy groups -OCH3 is 2. The zero-order valence-electron chi connectivity index (χ0n) is 26.6. The predicted molar refractivity (Wildman–Crippen MR) is 174 cm³/mol. The lowest BCUT2D eigenvalue weighted by molar-refractivity contribution is -0.128. The smallest absolute Gasteiger partial charge is 0.264 e. The predicted octanol–water partition coefficient (Wildman–Crippen LogP) is 4.39. The van der Waals surface area contributed by atoms with Crippen LogP contribution in [0.5, 0.6) is 11.5 Å². The molecule has 0 radical (unpaired) electrons. The monoisotopic (exact) mass is 623 g/mol. The van der Waals surface area contributed by atoms with E-state index in [1.165, 1.54) is 14.2 Å². The average molecular weight is 624 g/mol. The number of hydrogen-bond donors (Lipinski definition) is 1. The van der Waals surface area contributed by atoms with Crippen LogP contribution < -0.4 is 19.7 Å². The van der Waals surface area contributed by atoms with Crippen LogP contribution in [-0.2, 0) is 9.59 Å². The van der Waals surface area contributed by atoms with Crippen LogP contribution in [-0.4, -0.2) is 99.5 Å². The summed E-state index contributed by atoms with van der Waals surface area (Å²) in [4.78, 5) is 40.3. The van der Waals surface area contributed by atoms with Crippen molar-refractivity contribution in [3.63, 3.8) is 0 Å². The molecule has 1 aromatic heterocycles. The molecule has 1 aromatic carbocycles. The number of nitrogens with zero attached hydrogens (tertiary/aromatic N) is 6. The number of carbonyl (C=O) groups excluding carboxylic acids is 2. The van der Waals surface area contributed by atoms with Gasteiger partial charge in [-0.1, -0.05) is 38.4 Å². The van der Waals surface area contributed by atoms with Crippen molar-refractivity contribution in [2.45, 2.75) is 27.2 Å². The largest absolute Gasteiger partial charge is 0.497 e. The van der Waals surface area contributed by atoms with Crippen LogP contribution in [0.25, 0.3) is 11.6 Å². The standard InChI is InChI=1S/C32H42ClN7O4/c1-32(2,3)18-24(19-34)30(42)40-13-11-39(12-14-40)10-8-9-38(5)29-22(20-36-31(35-4)37-29)15-23(21-41)26-16-25(43-6)17-27(44-7)28(26)33/h15-18,20-21H,8-14H2,1-7H3,(H,35,36,37)/b23-15+,24-18+. The van der Waals surface area contributed by atoms with E-state index in [0.29, 0.717) is 64.6 Å². The fourth-order valence-corrected chi connectivity index (χ4v) is 5.15. The second kappa shape index (κ2) is 15.5. The highest BCUT2D eigenvalue weighted by Gasteiger charge is 2.25. The summed E-state index contributed by atoms with van der Waals surface area (Å²) in [6.45, 7) is 10.1. The maximum absolute atomic E-state index is 12.9. The molecular weight excluding hydrogens is 582 g/mol. The van der Waals surface area contributed by atoms with E-state index >= 15 is 0 Å². The van der Waals surface area contributed by atoms with Gasteiger partial charge in [0.2, 0.25) is 5.95 Å². The topological polar surface area (TPSA) is 124 Å². The van der Waals surface area contributed by atoms with Gasteiger partial charge in [-0.25, -0.2) is 4.98 Å². The lowest BCUT2D eigenvalue weighted by Crippen LogP contribution is -2.49. The molecule has 1 saturated heterocycles. The van der Waals surface area contributed by atoms with Gasteiger partial charge in [0.15, 0.2) is 6.29 Å². The van der Waals surface area contributed by atoms with Crippen LogP contribution in [0.4, 0.5) is 11.8 Å². The molecule has 0 bridgehead atoms. The summed E-state index contributed by atoms with van der Waals surface area (Å²) in [5.41, 5.74) is 1.40. The fourth-order valence-electron chi connectivity index (χ4n) is 4.86. The number of ether oxygens (including phenoxy) is 2. The highest BCUT2D eigenvalue weighted by atomic mass is 35.5. The molecule has 1 N–H and O–H groups in total. The van der Waals surface area contributed by atoms with E-state index < -0.39 is 0 Å². The summed E-state index contributed by atoms with van der Waals surface area (Å²) in [6.07, 6.45) is 6.70. The van der Waals surface area contributed by atoms with Gasteiger partial charge in [0, 0.05) is 75.8 Å². The van der Waals surface area contributed by atoms with Crippen molar-refractivity contribution in [1.82, 2.24) is 19.8 Å². The molecule has 11 nitrogen and oxygen atoms in total. The molecule has 3 rings (SSSR count). The van der Waals surface area contributed by atoms with Crippen LogP contribution in [0.3, 0.4) is 0 Å². The van der Waals surface area contributed by atoms with E-state index in [2.05, 4.69) is 26.3 Å². The first-order valence-electron chi connectivity index (χ1n) is 14.4. The minimum Gasteiger partial charge on any atom is -0.497 e. The van der Waals surface area contributed by atoms with Crippen LogP contribution in [0.2, 0.25) is 5.02 Å². The van der Waals surface area contributed by atoms with E-state index in [0.717, 1.165) is 32.3 Å². The SMILES string of the molecule is CNc1ncc(/C=C(\C=O)c2cc(OC)cc(OC)c2Cl)c(N(C)CCCN2CCN(C(=O)/C(C#N)=C/C(C)(C)C)CC2)n1. The lowest BCUT2D eigenvalue weighted by Gasteiger charge is -2.35. The van der Waals surface area contributed by atoms with Crippen molar-refractivity contribution < 1.29 is 19.1 Å². The molecule has 0 aliphatic carbocycles. The van der Waals surface area contributed by atoms with Gasteiger partial charge in [-0.3, -0.25) is 14.5 Å². The first kappa shape index (κ1) is 34.4. The van der Waals surface area contributed by atoms with Crippen molar-refractivity contribution in [3.8, 4) is 17.6 Å². The number of halogens is 1. The molecule has 12 heteroatoms. The zero-order chi connectivity index (χ0) is 32.4. The molecule has 1 fully saturated rings. The highest BCUT2D eigenvalue weighted by Crippen LogP contribution is 2.37. The van der Waals surface area contributed by atoms with Crippen LogP contribution in [0, 0.1) is 16.7 Å². The minimum atomic E-state index is -0.244. The maximum Gasteiger partial charge on any atom is 0.264 e.